The molecule has 1 aromatic rings. The standard InChI is InChI=1S/C14H21IN2/c1-10(11-2-4-12(15)5-3-11)17-14-8-6-13(16)7-9-14/h2-5,10,13-14,17H,6-9,16H2,1H3. The van der Waals surface area contributed by atoms with Crippen LogP contribution in [0.4, 0.5) is 0 Å². The van der Waals surface area contributed by atoms with Crippen molar-refractivity contribution < 1.29 is 0 Å². The number of benzene rings is 1. The molecule has 0 aromatic heterocycles. The molecule has 17 heavy (non-hydrogen) atoms. The maximum absolute atomic E-state index is 5.93. The Labute approximate surface area is 117 Å². The molecule has 0 saturated heterocycles. The maximum atomic E-state index is 5.93. The zero-order chi connectivity index (χ0) is 12.3. The molecule has 1 aliphatic carbocycles. The first-order chi connectivity index (χ1) is 8.15. The fourth-order valence-corrected chi connectivity index (χ4v) is 2.85. The fourth-order valence-electron chi connectivity index (χ4n) is 2.49. The summed E-state index contributed by atoms with van der Waals surface area (Å²) in [6.07, 6.45) is 4.76. The van der Waals surface area contributed by atoms with Crippen LogP contribution in [0.5, 0.6) is 0 Å². The third-order valence-corrected chi connectivity index (χ3v) is 4.35. The van der Waals surface area contributed by atoms with Gasteiger partial charge >= 0.3 is 0 Å². The van der Waals surface area contributed by atoms with Crippen LogP contribution in [0, 0.1) is 3.57 Å². The van der Waals surface area contributed by atoms with E-state index in [1.165, 1.54) is 22.0 Å². The zero-order valence-electron chi connectivity index (χ0n) is 10.3. The van der Waals surface area contributed by atoms with Crippen molar-refractivity contribution in [2.75, 3.05) is 0 Å². The Morgan fingerprint density at radius 1 is 1.18 bits per heavy atom. The summed E-state index contributed by atoms with van der Waals surface area (Å²) in [5.74, 6) is 0. The molecule has 3 heteroatoms. The van der Waals surface area contributed by atoms with E-state index in [1.54, 1.807) is 0 Å². The quantitative estimate of drug-likeness (QED) is 0.827. The predicted molar refractivity (Wildman–Crippen MR) is 80.9 cm³/mol. The predicted octanol–water partition coefficient (Wildman–Crippen LogP) is 3.21. The van der Waals surface area contributed by atoms with Crippen LogP contribution < -0.4 is 11.1 Å². The van der Waals surface area contributed by atoms with Crippen molar-refractivity contribution in [3.8, 4) is 0 Å². The summed E-state index contributed by atoms with van der Waals surface area (Å²) in [6.45, 7) is 2.25. The van der Waals surface area contributed by atoms with Gasteiger partial charge in [0.05, 0.1) is 0 Å². The monoisotopic (exact) mass is 344 g/mol. The average molecular weight is 344 g/mol. The van der Waals surface area contributed by atoms with E-state index in [9.17, 15) is 0 Å². The van der Waals surface area contributed by atoms with Crippen molar-refractivity contribution in [1.29, 1.82) is 0 Å². The Kier molecular flexibility index (Phi) is 4.82. The van der Waals surface area contributed by atoms with Crippen LogP contribution in [-0.4, -0.2) is 12.1 Å². The lowest BCUT2D eigenvalue weighted by atomic mass is 9.91. The summed E-state index contributed by atoms with van der Waals surface area (Å²) in [4.78, 5) is 0. The van der Waals surface area contributed by atoms with E-state index in [2.05, 4.69) is 59.1 Å². The Morgan fingerprint density at radius 2 is 1.76 bits per heavy atom. The zero-order valence-corrected chi connectivity index (χ0v) is 12.5. The molecule has 1 aromatic carbocycles. The number of hydrogen-bond acceptors (Lipinski definition) is 2. The van der Waals surface area contributed by atoms with Crippen LogP contribution in [0.3, 0.4) is 0 Å². The minimum atomic E-state index is 0.432. The first kappa shape index (κ1) is 13.3. The molecule has 0 amide bonds. The molecule has 0 bridgehead atoms. The number of nitrogens with two attached hydrogens (primary N) is 1. The molecule has 3 N–H and O–H groups in total. The van der Waals surface area contributed by atoms with E-state index in [0.29, 0.717) is 18.1 Å². The van der Waals surface area contributed by atoms with Crippen molar-refractivity contribution in [2.45, 2.75) is 50.7 Å². The Hall–Kier alpha value is -0.130. The van der Waals surface area contributed by atoms with E-state index in [1.807, 2.05) is 0 Å². The lowest BCUT2D eigenvalue weighted by Gasteiger charge is -2.29. The molecule has 1 aliphatic rings. The van der Waals surface area contributed by atoms with Crippen molar-refractivity contribution in [3.63, 3.8) is 0 Å². The summed E-state index contributed by atoms with van der Waals surface area (Å²) in [6, 6.07) is 10.3. The highest BCUT2D eigenvalue weighted by molar-refractivity contribution is 14.1. The van der Waals surface area contributed by atoms with Gasteiger partial charge in [0.2, 0.25) is 0 Å². The molecule has 0 heterocycles. The van der Waals surface area contributed by atoms with Gasteiger partial charge in [0.25, 0.3) is 0 Å². The molecule has 1 fully saturated rings. The van der Waals surface area contributed by atoms with Crippen LogP contribution in [-0.2, 0) is 0 Å². The first-order valence-corrected chi connectivity index (χ1v) is 7.50. The van der Waals surface area contributed by atoms with Crippen LogP contribution in [0.1, 0.15) is 44.2 Å². The molecule has 2 nitrogen and oxygen atoms in total. The van der Waals surface area contributed by atoms with Gasteiger partial charge < -0.3 is 11.1 Å². The van der Waals surface area contributed by atoms with Crippen LogP contribution in [0.2, 0.25) is 0 Å². The average Bonchev–Trinajstić information content (AvgIpc) is 2.33. The van der Waals surface area contributed by atoms with Gasteiger partial charge in [-0.1, -0.05) is 12.1 Å². The smallest absolute Gasteiger partial charge is 0.0294 e. The van der Waals surface area contributed by atoms with Crippen LogP contribution in [0.25, 0.3) is 0 Å². The molecule has 1 unspecified atom stereocenters. The Bertz CT molecular complexity index is 342. The van der Waals surface area contributed by atoms with Gasteiger partial charge in [0.1, 0.15) is 0 Å². The second kappa shape index (κ2) is 6.16. The van der Waals surface area contributed by atoms with E-state index in [0.717, 1.165) is 12.8 Å². The van der Waals surface area contributed by atoms with Gasteiger partial charge in [-0.15, -0.1) is 0 Å². The highest BCUT2D eigenvalue weighted by atomic mass is 127. The SMILES string of the molecule is CC(NC1CCC(N)CC1)c1ccc(I)cc1. The second-order valence-corrected chi connectivity index (χ2v) is 6.30. The summed E-state index contributed by atoms with van der Waals surface area (Å²) in [7, 11) is 0. The van der Waals surface area contributed by atoms with E-state index in [-0.39, 0.29) is 0 Å². The fraction of sp³-hybridized carbons (Fsp3) is 0.571. The van der Waals surface area contributed by atoms with Gasteiger partial charge in [-0.25, -0.2) is 0 Å². The van der Waals surface area contributed by atoms with Crippen molar-refractivity contribution in [1.82, 2.24) is 5.32 Å². The number of rotatable bonds is 3. The molecule has 1 atom stereocenters. The summed E-state index contributed by atoms with van der Waals surface area (Å²) in [5, 5.41) is 3.72. The van der Waals surface area contributed by atoms with Gasteiger partial charge in [-0.2, -0.15) is 0 Å². The Balaban J connectivity index is 1.88. The lowest BCUT2D eigenvalue weighted by molar-refractivity contribution is 0.322. The molecular formula is C14H21IN2. The molecule has 94 valence electrons. The highest BCUT2D eigenvalue weighted by Gasteiger charge is 2.19. The van der Waals surface area contributed by atoms with Gasteiger partial charge in [0.15, 0.2) is 0 Å². The minimum absolute atomic E-state index is 0.432. The topological polar surface area (TPSA) is 38.0 Å². The molecule has 2 rings (SSSR count). The number of nitrogens with one attached hydrogen (secondary N) is 1. The molecule has 0 aliphatic heterocycles. The van der Waals surface area contributed by atoms with Crippen molar-refractivity contribution in [3.05, 3.63) is 33.4 Å². The third kappa shape index (κ3) is 3.93. The third-order valence-electron chi connectivity index (χ3n) is 3.63. The number of halogens is 1. The molecular weight excluding hydrogens is 323 g/mol. The normalized spacial score (nSPS) is 26.8. The summed E-state index contributed by atoms with van der Waals surface area (Å²) in [5.41, 5.74) is 7.30. The molecule has 0 spiro atoms. The Morgan fingerprint density at radius 3 is 2.35 bits per heavy atom. The number of hydrogen-bond donors (Lipinski definition) is 2. The van der Waals surface area contributed by atoms with Crippen LogP contribution >= 0.6 is 22.6 Å². The van der Waals surface area contributed by atoms with E-state index >= 15 is 0 Å². The second-order valence-electron chi connectivity index (χ2n) is 5.05. The first-order valence-electron chi connectivity index (χ1n) is 6.42. The molecule has 0 radical (unpaired) electrons. The van der Waals surface area contributed by atoms with Gasteiger partial charge in [-0.3, -0.25) is 0 Å². The van der Waals surface area contributed by atoms with E-state index < -0.39 is 0 Å². The minimum Gasteiger partial charge on any atom is -0.328 e. The van der Waals surface area contributed by atoms with Crippen molar-refractivity contribution in [2.24, 2.45) is 5.73 Å². The van der Waals surface area contributed by atoms with Gasteiger partial charge in [0, 0.05) is 21.7 Å². The highest BCUT2D eigenvalue weighted by Crippen LogP contribution is 2.21. The van der Waals surface area contributed by atoms with Gasteiger partial charge in [-0.05, 0) is 72.9 Å². The maximum Gasteiger partial charge on any atom is 0.0294 e. The lowest BCUT2D eigenvalue weighted by Crippen LogP contribution is -2.38. The summed E-state index contributed by atoms with van der Waals surface area (Å²) < 4.78 is 1.29. The molecule has 1 saturated carbocycles. The largest absolute Gasteiger partial charge is 0.328 e. The summed E-state index contributed by atoms with van der Waals surface area (Å²) >= 11 is 2.34. The van der Waals surface area contributed by atoms with E-state index in [4.69, 9.17) is 5.73 Å². The van der Waals surface area contributed by atoms with Crippen molar-refractivity contribution >= 4 is 22.6 Å². The van der Waals surface area contributed by atoms with Crippen LogP contribution in [0.15, 0.2) is 24.3 Å².